The Balaban J connectivity index is 0.00000208. The number of carbonyl (C=O) groups is 2. The van der Waals surface area contributed by atoms with Gasteiger partial charge in [0.1, 0.15) is 0 Å². The van der Waals surface area contributed by atoms with Gasteiger partial charge in [-0.05, 0) is 38.1 Å². The molecule has 0 spiro atoms. The van der Waals surface area contributed by atoms with E-state index >= 15 is 0 Å². The lowest BCUT2D eigenvalue weighted by atomic mass is 10.0. The zero-order valence-corrected chi connectivity index (χ0v) is 15.1. The fourth-order valence-corrected chi connectivity index (χ4v) is 3.30. The summed E-state index contributed by atoms with van der Waals surface area (Å²) in [5, 5.41) is 6.43. The van der Waals surface area contributed by atoms with Crippen LogP contribution in [0.25, 0.3) is 0 Å². The van der Waals surface area contributed by atoms with Crippen molar-refractivity contribution >= 4 is 41.6 Å². The molecule has 0 atom stereocenters. The first kappa shape index (κ1) is 18.8. The van der Waals surface area contributed by atoms with Gasteiger partial charge in [-0.15, -0.1) is 12.4 Å². The van der Waals surface area contributed by atoms with Crippen molar-refractivity contribution in [3.8, 4) is 0 Å². The summed E-state index contributed by atoms with van der Waals surface area (Å²) >= 11 is 6.23. The van der Waals surface area contributed by atoms with E-state index in [4.69, 9.17) is 11.6 Å². The summed E-state index contributed by atoms with van der Waals surface area (Å²) in [6.45, 7) is 2.65. The van der Waals surface area contributed by atoms with Gasteiger partial charge in [0.25, 0.3) is 5.91 Å². The van der Waals surface area contributed by atoms with Crippen molar-refractivity contribution in [1.82, 2.24) is 15.5 Å². The molecule has 3 rings (SSSR count). The van der Waals surface area contributed by atoms with Gasteiger partial charge in [-0.2, -0.15) is 0 Å². The Bertz CT molecular complexity index is 618. The van der Waals surface area contributed by atoms with Crippen LogP contribution in [0.1, 0.15) is 23.2 Å². The SMILES string of the molecule is CNC1CCN(C(=O)c2cc(N3CCNC3=O)ccc2Cl)CC1.Cl. The van der Waals surface area contributed by atoms with Crippen LogP contribution in [0, 0.1) is 0 Å². The van der Waals surface area contributed by atoms with Crippen molar-refractivity contribution in [3.05, 3.63) is 28.8 Å². The van der Waals surface area contributed by atoms with E-state index in [9.17, 15) is 9.59 Å². The van der Waals surface area contributed by atoms with Crippen LogP contribution in [0.2, 0.25) is 5.02 Å². The molecule has 0 bridgehead atoms. The lowest BCUT2D eigenvalue weighted by molar-refractivity contribution is 0.0707. The van der Waals surface area contributed by atoms with Crippen LogP contribution in [0.4, 0.5) is 10.5 Å². The lowest BCUT2D eigenvalue weighted by Crippen LogP contribution is -2.44. The predicted molar refractivity (Wildman–Crippen MR) is 97.4 cm³/mol. The van der Waals surface area contributed by atoms with Gasteiger partial charge in [-0.25, -0.2) is 4.79 Å². The van der Waals surface area contributed by atoms with Gasteiger partial charge in [-0.3, -0.25) is 9.69 Å². The second-order valence-corrected chi connectivity index (χ2v) is 6.31. The number of nitrogens with zero attached hydrogens (tertiary/aromatic N) is 2. The largest absolute Gasteiger partial charge is 0.338 e. The Labute approximate surface area is 152 Å². The minimum Gasteiger partial charge on any atom is -0.338 e. The molecule has 1 aromatic carbocycles. The van der Waals surface area contributed by atoms with E-state index in [0.717, 1.165) is 25.9 Å². The highest BCUT2D eigenvalue weighted by Crippen LogP contribution is 2.26. The van der Waals surface area contributed by atoms with Gasteiger partial charge in [0.05, 0.1) is 10.6 Å². The molecule has 2 fully saturated rings. The summed E-state index contributed by atoms with van der Waals surface area (Å²) in [5.74, 6) is -0.0639. The number of urea groups is 1. The average Bonchev–Trinajstić information content (AvgIpc) is 3.01. The molecule has 132 valence electrons. The third-order valence-corrected chi connectivity index (χ3v) is 4.87. The van der Waals surface area contributed by atoms with Crippen molar-refractivity contribution in [2.45, 2.75) is 18.9 Å². The third kappa shape index (κ3) is 3.77. The molecular formula is C16H22Cl2N4O2. The summed E-state index contributed by atoms with van der Waals surface area (Å²) in [6.07, 6.45) is 1.88. The summed E-state index contributed by atoms with van der Waals surface area (Å²) < 4.78 is 0. The minimum atomic E-state index is -0.138. The molecule has 0 aromatic heterocycles. The second-order valence-electron chi connectivity index (χ2n) is 5.90. The van der Waals surface area contributed by atoms with Gasteiger partial charge in [0.15, 0.2) is 0 Å². The van der Waals surface area contributed by atoms with Crippen LogP contribution in [0.5, 0.6) is 0 Å². The van der Waals surface area contributed by atoms with Gasteiger partial charge < -0.3 is 15.5 Å². The highest BCUT2D eigenvalue weighted by atomic mass is 35.5. The quantitative estimate of drug-likeness (QED) is 0.853. The number of piperidine rings is 1. The number of nitrogens with one attached hydrogen (secondary N) is 2. The van der Waals surface area contributed by atoms with E-state index in [-0.39, 0.29) is 24.3 Å². The monoisotopic (exact) mass is 372 g/mol. The maximum atomic E-state index is 12.8. The summed E-state index contributed by atoms with van der Waals surface area (Å²) in [5.41, 5.74) is 1.17. The van der Waals surface area contributed by atoms with Gasteiger partial charge >= 0.3 is 6.03 Å². The summed E-state index contributed by atoms with van der Waals surface area (Å²) in [7, 11) is 1.95. The number of anilines is 1. The predicted octanol–water partition coefficient (Wildman–Crippen LogP) is 2.12. The molecule has 1 aromatic rings. The number of halogens is 2. The van der Waals surface area contributed by atoms with Crippen molar-refractivity contribution in [1.29, 1.82) is 0 Å². The smallest absolute Gasteiger partial charge is 0.321 e. The molecule has 0 radical (unpaired) electrons. The van der Waals surface area contributed by atoms with Gasteiger partial charge in [0.2, 0.25) is 0 Å². The van der Waals surface area contributed by atoms with E-state index in [1.165, 1.54) is 0 Å². The Morgan fingerprint density at radius 1 is 1.29 bits per heavy atom. The summed E-state index contributed by atoms with van der Waals surface area (Å²) in [6, 6.07) is 5.52. The van der Waals surface area contributed by atoms with E-state index in [1.807, 2.05) is 11.9 Å². The Hall–Kier alpha value is -1.50. The molecule has 2 saturated heterocycles. The Morgan fingerprint density at radius 2 is 2.00 bits per heavy atom. The highest BCUT2D eigenvalue weighted by Gasteiger charge is 2.26. The first-order chi connectivity index (χ1) is 11.1. The fraction of sp³-hybridized carbons (Fsp3) is 0.500. The number of hydrogen-bond donors (Lipinski definition) is 2. The first-order valence-corrected chi connectivity index (χ1v) is 8.29. The maximum Gasteiger partial charge on any atom is 0.321 e. The molecule has 0 saturated carbocycles. The molecule has 2 heterocycles. The number of hydrogen-bond acceptors (Lipinski definition) is 3. The number of benzene rings is 1. The number of carbonyl (C=O) groups excluding carboxylic acids is 2. The molecule has 0 aliphatic carbocycles. The number of rotatable bonds is 3. The first-order valence-electron chi connectivity index (χ1n) is 7.91. The third-order valence-electron chi connectivity index (χ3n) is 4.54. The standard InChI is InChI=1S/C16H21ClN4O2.ClH/c1-18-11-4-7-20(8-5-11)15(22)13-10-12(2-3-14(13)17)21-9-6-19-16(21)23;/h2-3,10-11,18H,4-9H2,1H3,(H,19,23);1H. The van der Waals surface area contributed by atoms with Crippen molar-refractivity contribution in [2.24, 2.45) is 0 Å². The molecule has 3 amide bonds. The Kier molecular flexibility index (Phi) is 6.32. The summed E-state index contributed by atoms with van der Waals surface area (Å²) in [4.78, 5) is 28.0. The second kappa shape index (κ2) is 8.05. The van der Waals surface area contributed by atoms with Gasteiger partial charge in [0, 0.05) is 37.9 Å². The minimum absolute atomic E-state index is 0. The van der Waals surface area contributed by atoms with Crippen LogP contribution in [-0.2, 0) is 0 Å². The van der Waals surface area contributed by atoms with Crippen molar-refractivity contribution in [3.63, 3.8) is 0 Å². The molecule has 8 heteroatoms. The Morgan fingerprint density at radius 3 is 2.58 bits per heavy atom. The number of likely N-dealkylation sites (tertiary alicyclic amines) is 1. The molecular weight excluding hydrogens is 351 g/mol. The van der Waals surface area contributed by atoms with Crippen molar-refractivity contribution in [2.75, 3.05) is 38.1 Å². The maximum absolute atomic E-state index is 12.8. The molecule has 0 unspecified atom stereocenters. The zero-order chi connectivity index (χ0) is 16.4. The topological polar surface area (TPSA) is 64.7 Å². The van der Waals surface area contributed by atoms with E-state index < -0.39 is 0 Å². The molecule has 2 aliphatic heterocycles. The zero-order valence-electron chi connectivity index (χ0n) is 13.5. The molecule has 24 heavy (non-hydrogen) atoms. The van der Waals surface area contributed by atoms with Gasteiger partial charge in [-0.1, -0.05) is 11.6 Å². The van der Waals surface area contributed by atoms with Crippen LogP contribution < -0.4 is 15.5 Å². The van der Waals surface area contributed by atoms with Crippen molar-refractivity contribution < 1.29 is 9.59 Å². The van der Waals surface area contributed by atoms with Crippen LogP contribution in [-0.4, -0.2) is 56.1 Å². The average molecular weight is 373 g/mol. The molecule has 2 aliphatic rings. The van der Waals surface area contributed by atoms with E-state index in [1.54, 1.807) is 23.1 Å². The number of amides is 3. The van der Waals surface area contributed by atoms with E-state index in [0.29, 0.717) is 35.4 Å². The molecule has 6 nitrogen and oxygen atoms in total. The van der Waals surface area contributed by atoms with Crippen LogP contribution in [0.15, 0.2) is 18.2 Å². The lowest BCUT2D eigenvalue weighted by Gasteiger charge is -2.32. The normalized spacial score (nSPS) is 18.3. The van der Waals surface area contributed by atoms with Crippen LogP contribution >= 0.6 is 24.0 Å². The van der Waals surface area contributed by atoms with Crippen LogP contribution in [0.3, 0.4) is 0 Å². The molecule has 2 N–H and O–H groups in total. The van der Waals surface area contributed by atoms with E-state index in [2.05, 4.69) is 10.6 Å². The fourth-order valence-electron chi connectivity index (χ4n) is 3.10. The highest BCUT2D eigenvalue weighted by molar-refractivity contribution is 6.34.